The van der Waals surface area contributed by atoms with Gasteiger partial charge in [-0.2, -0.15) is 0 Å². The molecule has 0 unspecified atom stereocenters. The Morgan fingerprint density at radius 3 is 2.30 bits per heavy atom. The van der Waals surface area contributed by atoms with E-state index in [-0.39, 0.29) is 0 Å². The lowest BCUT2D eigenvalue weighted by Gasteiger charge is -1.97. The first-order valence-electron chi connectivity index (χ1n) is 2.96. The van der Waals surface area contributed by atoms with Crippen molar-refractivity contribution >= 4 is 27.5 Å². The number of rotatable bonds is 2. The molecule has 0 aromatic heterocycles. The topological polar surface area (TPSA) is 12.0 Å². The van der Waals surface area contributed by atoms with Gasteiger partial charge in [-0.25, -0.2) is 0 Å². The Balaban J connectivity index is 4.33. The number of hydrogen-bond acceptors (Lipinski definition) is 1. The first-order valence-corrected chi connectivity index (χ1v) is 4.13. The van der Waals surface area contributed by atoms with Gasteiger partial charge in [0.1, 0.15) is 5.16 Å². The summed E-state index contributed by atoms with van der Waals surface area (Å²) >= 11 is 9.05. The highest BCUT2D eigenvalue weighted by molar-refractivity contribution is 9.12. The molecule has 0 bridgehead atoms. The van der Waals surface area contributed by atoms with Crippen molar-refractivity contribution < 1.29 is 0 Å². The molecule has 0 rings (SSSR count). The van der Waals surface area contributed by atoms with Crippen LogP contribution < -0.4 is 5.32 Å². The van der Waals surface area contributed by atoms with Crippen LogP contribution in [0.3, 0.4) is 0 Å². The molecule has 0 saturated heterocycles. The van der Waals surface area contributed by atoms with E-state index in [4.69, 9.17) is 11.6 Å². The average molecular weight is 225 g/mol. The van der Waals surface area contributed by atoms with Gasteiger partial charge in [0.05, 0.1) is 4.48 Å². The van der Waals surface area contributed by atoms with E-state index in [0.717, 1.165) is 4.48 Å². The fourth-order valence-corrected chi connectivity index (χ4v) is 1.15. The second-order valence-corrected chi connectivity index (χ2v) is 3.37. The maximum atomic E-state index is 5.74. The molecule has 0 atom stereocenters. The summed E-state index contributed by atoms with van der Waals surface area (Å²) in [6.07, 6.45) is 1.96. The molecule has 3 heteroatoms. The molecule has 58 valence electrons. The zero-order chi connectivity index (χ0) is 8.15. The smallest absolute Gasteiger partial charge is 0.116 e. The maximum Gasteiger partial charge on any atom is 0.116 e. The summed E-state index contributed by atoms with van der Waals surface area (Å²) in [5, 5.41) is 3.45. The van der Waals surface area contributed by atoms with Crippen LogP contribution in [0, 0.1) is 0 Å². The van der Waals surface area contributed by atoms with E-state index in [2.05, 4.69) is 21.2 Å². The molecule has 0 fully saturated rings. The van der Waals surface area contributed by atoms with Gasteiger partial charge in [-0.1, -0.05) is 17.2 Å². The Morgan fingerprint density at radius 2 is 2.00 bits per heavy atom. The summed E-state index contributed by atoms with van der Waals surface area (Å²) in [7, 11) is 1.78. The Morgan fingerprint density at radius 1 is 1.50 bits per heavy atom. The van der Waals surface area contributed by atoms with Crippen molar-refractivity contribution in [1.82, 2.24) is 5.32 Å². The zero-order valence-corrected chi connectivity index (χ0v) is 8.68. The van der Waals surface area contributed by atoms with Crippen LogP contribution in [0.4, 0.5) is 0 Å². The van der Waals surface area contributed by atoms with Crippen molar-refractivity contribution in [2.24, 2.45) is 0 Å². The van der Waals surface area contributed by atoms with Crippen molar-refractivity contribution in [2.45, 2.75) is 13.8 Å². The number of hydrogen-bond donors (Lipinski definition) is 1. The van der Waals surface area contributed by atoms with Gasteiger partial charge in [-0.3, -0.25) is 0 Å². The first kappa shape index (κ1) is 10.0. The molecular weight excluding hydrogens is 213 g/mol. The molecule has 1 N–H and O–H groups in total. The Kier molecular flexibility index (Phi) is 4.83. The monoisotopic (exact) mass is 223 g/mol. The van der Waals surface area contributed by atoms with E-state index in [1.54, 1.807) is 7.05 Å². The quantitative estimate of drug-likeness (QED) is 0.562. The van der Waals surface area contributed by atoms with Crippen LogP contribution in [0.5, 0.6) is 0 Å². The maximum absolute atomic E-state index is 5.74. The van der Waals surface area contributed by atoms with E-state index in [1.165, 1.54) is 5.57 Å². The second-order valence-electron chi connectivity index (χ2n) is 2.13. The fourth-order valence-electron chi connectivity index (χ4n) is 0.436. The predicted octanol–water partition coefficient (Wildman–Crippen LogP) is 2.97. The van der Waals surface area contributed by atoms with E-state index in [1.807, 2.05) is 19.9 Å². The highest BCUT2D eigenvalue weighted by Gasteiger charge is 1.93. The van der Waals surface area contributed by atoms with Crippen molar-refractivity contribution in [3.63, 3.8) is 0 Å². The summed E-state index contributed by atoms with van der Waals surface area (Å²) < 4.78 is 0.886. The molecular formula is C7H11BrClN. The van der Waals surface area contributed by atoms with Crippen LogP contribution in [-0.2, 0) is 0 Å². The van der Waals surface area contributed by atoms with Crippen LogP contribution in [0.1, 0.15) is 13.8 Å². The van der Waals surface area contributed by atoms with Gasteiger partial charge >= 0.3 is 0 Å². The highest BCUT2D eigenvalue weighted by Crippen LogP contribution is 2.15. The molecule has 0 amide bonds. The minimum atomic E-state index is 0.626. The standard InChI is InChI=1S/C7H11BrClN/c1-5(2)4-6(8)7(9)10-3/h4,10H,1-3H3/b7-6+. The van der Waals surface area contributed by atoms with Gasteiger partial charge in [0.25, 0.3) is 0 Å². The van der Waals surface area contributed by atoms with Gasteiger partial charge in [0.15, 0.2) is 0 Å². The van der Waals surface area contributed by atoms with Gasteiger partial charge in [0, 0.05) is 7.05 Å². The minimum absolute atomic E-state index is 0.626. The van der Waals surface area contributed by atoms with Crippen LogP contribution in [0.15, 0.2) is 21.3 Å². The lowest BCUT2D eigenvalue weighted by molar-refractivity contribution is 1.07. The third-order valence-corrected chi connectivity index (χ3v) is 2.09. The first-order chi connectivity index (χ1) is 4.57. The van der Waals surface area contributed by atoms with Gasteiger partial charge < -0.3 is 5.32 Å². The van der Waals surface area contributed by atoms with Crippen molar-refractivity contribution in [3.8, 4) is 0 Å². The minimum Gasteiger partial charge on any atom is -0.378 e. The van der Waals surface area contributed by atoms with Crippen LogP contribution in [-0.4, -0.2) is 7.05 Å². The van der Waals surface area contributed by atoms with Gasteiger partial charge in [0.2, 0.25) is 0 Å². The average Bonchev–Trinajstić information content (AvgIpc) is 1.85. The van der Waals surface area contributed by atoms with Crippen molar-refractivity contribution in [2.75, 3.05) is 7.05 Å². The third kappa shape index (κ3) is 3.96. The van der Waals surface area contributed by atoms with Gasteiger partial charge in [-0.15, -0.1) is 0 Å². The molecule has 0 aliphatic rings. The van der Waals surface area contributed by atoms with Crippen LogP contribution in [0.2, 0.25) is 0 Å². The van der Waals surface area contributed by atoms with Gasteiger partial charge in [-0.05, 0) is 35.9 Å². The summed E-state index contributed by atoms with van der Waals surface area (Å²) in [4.78, 5) is 0. The number of halogens is 2. The molecule has 0 heterocycles. The molecule has 0 aromatic rings. The largest absolute Gasteiger partial charge is 0.378 e. The van der Waals surface area contributed by atoms with Crippen LogP contribution in [0.25, 0.3) is 0 Å². The normalized spacial score (nSPS) is 12.1. The summed E-state index contributed by atoms with van der Waals surface area (Å²) in [6.45, 7) is 4.03. The van der Waals surface area contributed by atoms with Crippen molar-refractivity contribution in [3.05, 3.63) is 21.3 Å². The zero-order valence-electron chi connectivity index (χ0n) is 6.33. The molecule has 0 saturated carbocycles. The number of allylic oxidation sites excluding steroid dienone is 3. The molecule has 10 heavy (non-hydrogen) atoms. The summed E-state index contributed by atoms with van der Waals surface area (Å²) in [5.74, 6) is 0. The molecule has 0 aliphatic heterocycles. The molecule has 0 aromatic carbocycles. The third-order valence-electron chi connectivity index (χ3n) is 0.845. The van der Waals surface area contributed by atoms with E-state index < -0.39 is 0 Å². The van der Waals surface area contributed by atoms with E-state index in [0.29, 0.717) is 5.16 Å². The summed E-state index contributed by atoms with van der Waals surface area (Å²) in [5.41, 5.74) is 1.21. The van der Waals surface area contributed by atoms with E-state index >= 15 is 0 Å². The molecule has 0 radical (unpaired) electrons. The van der Waals surface area contributed by atoms with Crippen molar-refractivity contribution in [1.29, 1.82) is 0 Å². The fraction of sp³-hybridized carbons (Fsp3) is 0.429. The predicted molar refractivity (Wildman–Crippen MR) is 50.3 cm³/mol. The molecule has 0 spiro atoms. The molecule has 1 nitrogen and oxygen atoms in total. The highest BCUT2D eigenvalue weighted by atomic mass is 79.9. The summed E-state index contributed by atoms with van der Waals surface area (Å²) in [6, 6.07) is 0. The number of nitrogens with one attached hydrogen (secondary N) is 1. The molecule has 0 aliphatic carbocycles. The van der Waals surface area contributed by atoms with Crippen LogP contribution >= 0.6 is 27.5 Å². The second kappa shape index (κ2) is 4.80. The Hall–Kier alpha value is 0.0500. The lowest BCUT2D eigenvalue weighted by Crippen LogP contribution is -2.00. The Labute approximate surface area is 75.3 Å². The lowest BCUT2D eigenvalue weighted by atomic mass is 10.3. The SMILES string of the molecule is CN/C(Cl)=C(/Br)C=C(C)C. The van der Waals surface area contributed by atoms with E-state index in [9.17, 15) is 0 Å². The Bertz CT molecular complexity index is 168.